The number of carbonyl (C=O) groups is 1. The Morgan fingerprint density at radius 1 is 1.00 bits per heavy atom. The third kappa shape index (κ3) is 3.88. The molecule has 3 fully saturated rings. The van der Waals surface area contributed by atoms with Crippen molar-refractivity contribution in [3.63, 3.8) is 0 Å². The van der Waals surface area contributed by atoms with E-state index in [4.69, 9.17) is 0 Å². The normalized spacial score (nSPS) is 29.5. The van der Waals surface area contributed by atoms with Crippen LogP contribution in [0.4, 0.5) is 4.39 Å². The van der Waals surface area contributed by atoms with Gasteiger partial charge in [-0.3, -0.25) is 4.79 Å². The van der Waals surface area contributed by atoms with Crippen LogP contribution in [0.25, 0.3) is 0 Å². The summed E-state index contributed by atoms with van der Waals surface area (Å²) >= 11 is 0. The predicted octanol–water partition coefficient (Wildman–Crippen LogP) is 1.58. The lowest BCUT2D eigenvalue weighted by Gasteiger charge is -2.35. The van der Waals surface area contributed by atoms with Gasteiger partial charge in [0.2, 0.25) is 15.9 Å². The Labute approximate surface area is 159 Å². The van der Waals surface area contributed by atoms with Gasteiger partial charge in [0.25, 0.3) is 0 Å². The second-order valence-electron chi connectivity index (χ2n) is 7.87. The van der Waals surface area contributed by atoms with E-state index in [9.17, 15) is 17.6 Å². The number of likely N-dealkylation sites (tertiary alicyclic amines) is 1. The van der Waals surface area contributed by atoms with Crippen LogP contribution >= 0.6 is 0 Å². The molecule has 0 aromatic heterocycles. The Hall–Kier alpha value is -1.51. The van der Waals surface area contributed by atoms with E-state index in [1.165, 1.54) is 22.9 Å². The molecule has 8 heteroatoms. The summed E-state index contributed by atoms with van der Waals surface area (Å²) in [6.45, 7) is 2.07. The highest BCUT2D eigenvalue weighted by Crippen LogP contribution is 2.27. The van der Waals surface area contributed by atoms with Gasteiger partial charge < -0.3 is 10.2 Å². The zero-order valence-electron chi connectivity index (χ0n) is 15.3. The molecule has 3 aliphatic heterocycles. The van der Waals surface area contributed by atoms with Gasteiger partial charge in [0.05, 0.1) is 10.8 Å². The van der Waals surface area contributed by atoms with Crippen molar-refractivity contribution in [1.29, 1.82) is 0 Å². The maximum Gasteiger partial charge on any atom is 0.243 e. The number of rotatable bonds is 3. The van der Waals surface area contributed by atoms with Crippen molar-refractivity contribution in [3.8, 4) is 0 Å². The molecule has 4 rings (SSSR count). The van der Waals surface area contributed by atoms with E-state index in [0.717, 1.165) is 38.1 Å². The van der Waals surface area contributed by atoms with Crippen LogP contribution in [-0.2, 0) is 14.8 Å². The summed E-state index contributed by atoms with van der Waals surface area (Å²) < 4.78 is 40.2. The molecule has 0 spiro atoms. The summed E-state index contributed by atoms with van der Waals surface area (Å²) in [5.74, 6) is -0.696. The molecule has 27 heavy (non-hydrogen) atoms. The lowest BCUT2D eigenvalue weighted by Crippen LogP contribution is -2.48. The quantitative estimate of drug-likeness (QED) is 0.844. The Morgan fingerprint density at radius 3 is 2.52 bits per heavy atom. The Bertz CT molecular complexity index is 799. The summed E-state index contributed by atoms with van der Waals surface area (Å²) in [4.78, 5) is 15.1. The maximum atomic E-state index is 13.1. The molecule has 0 radical (unpaired) electrons. The predicted molar refractivity (Wildman–Crippen MR) is 99.0 cm³/mol. The minimum atomic E-state index is -3.71. The van der Waals surface area contributed by atoms with Crippen molar-refractivity contribution in [3.05, 3.63) is 30.1 Å². The number of piperidine rings is 1. The van der Waals surface area contributed by atoms with Gasteiger partial charge in [-0.15, -0.1) is 0 Å². The number of amides is 1. The van der Waals surface area contributed by atoms with E-state index < -0.39 is 15.8 Å². The first-order valence-electron chi connectivity index (χ1n) is 9.74. The molecule has 6 nitrogen and oxygen atoms in total. The highest BCUT2D eigenvalue weighted by atomic mass is 32.2. The highest BCUT2D eigenvalue weighted by molar-refractivity contribution is 7.89. The molecule has 2 bridgehead atoms. The molecule has 3 atom stereocenters. The summed E-state index contributed by atoms with van der Waals surface area (Å²) in [6.07, 6.45) is 4.62. The largest absolute Gasteiger partial charge is 0.341 e. The number of benzene rings is 1. The van der Waals surface area contributed by atoms with Gasteiger partial charge in [0, 0.05) is 38.3 Å². The molecule has 0 saturated carbocycles. The summed E-state index contributed by atoms with van der Waals surface area (Å²) in [7, 11) is -3.71. The molecule has 1 aromatic carbocycles. The number of sulfonamides is 1. The van der Waals surface area contributed by atoms with Gasteiger partial charge in [0.1, 0.15) is 5.82 Å². The average molecular weight is 396 g/mol. The lowest BCUT2D eigenvalue weighted by molar-refractivity contribution is -0.136. The van der Waals surface area contributed by atoms with E-state index in [1.54, 1.807) is 0 Å². The van der Waals surface area contributed by atoms with Crippen LogP contribution in [0.15, 0.2) is 29.2 Å². The Kier molecular flexibility index (Phi) is 5.22. The molecule has 1 N–H and O–H groups in total. The minimum Gasteiger partial charge on any atom is -0.341 e. The SMILES string of the molecule is O=C(C1CCCN(S(=O)(=O)c2ccc(F)cc2)C1)N1CCC2CCC(C1)N2. The van der Waals surface area contributed by atoms with Crippen molar-refractivity contribution in [2.75, 3.05) is 26.2 Å². The lowest BCUT2D eigenvalue weighted by atomic mass is 9.97. The van der Waals surface area contributed by atoms with Crippen LogP contribution in [0.1, 0.15) is 32.1 Å². The summed E-state index contributed by atoms with van der Waals surface area (Å²) in [6, 6.07) is 5.75. The van der Waals surface area contributed by atoms with Crippen molar-refractivity contribution in [2.24, 2.45) is 5.92 Å². The number of nitrogens with one attached hydrogen (secondary N) is 1. The molecule has 148 valence electrons. The number of hydrogen-bond donors (Lipinski definition) is 1. The first kappa shape index (κ1) is 18.8. The third-order valence-corrected chi connectivity index (χ3v) is 7.90. The Balaban J connectivity index is 1.46. The molecule has 1 aromatic rings. The first-order chi connectivity index (χ1) is 12.9. The van der Waals surface area contributed by atoms with E-state index in [1.807, 2.05) is 4.90 Å². The first-order valence-corrected chi connectivity index (χ1v) is 11.2. The maximum absolute atomic E-state index is 13.1. The number of hydrogen-bond acceptors (Lipinski definition) is 4. The molecule has 3 unspecified atom stereocenters. The van der Waals surface area contributed by atoms with Gasteiger partial charge >= 0.3 is 0 Å². The molecular formula is C19H26FN3O3S. The second kappa shape index (κ2) is 7.48. The monoisotopic (exact) mass is 395 g/mol. The van der Waals surface area contributed by atoms with Gasteiger partial charge in [0.15, 0.2) is 0 Å². The zero-order valence-corrected chi connectivity index (χ0v) is 16.1. The topological polar surface area (TPSA) is 69.7 Å². The zero-order chi connectivity index (χ0) is 19.0. The summed E-state index contributed by atoms with van der Waals surface area (Å²) in [5, 5.41) is 3.57. The van der Waals surface area contributed by atoms with Gasteiger partial charge in [-0.2, -0.15) is 4.31 Å². The molecular weight excluding hydrogens is 369 g/mol. The fourth-order valence-corrected chi connectivity index (χ4v) is 6.04. The molecule has 3 heterocycles. The molecule has 1 amide bonds. The smallest absolute Gasteiger partial charge is 0.243 e. The van der Waals surface area contributed by atoms with Crippen molar-refractivity contribution in [2.45, 2.75) is 49.1 Å². The van der Waals surface area contributed by atoms with Gasteiger partial charge in [-0.05, 0) is 56.4 Å². The Morgan fingerprint density at radius 2 is 1.74 bits per heavy atom. The average Bonchev–Trinajstić information content (AvgIpc) is 3.00. The van der Waals surface area contributed by atoms with Gasteiger partial charge in [-0.25, -0.2) is 12.8 Å². The van der Waals surface area contributed by atoms with Crippen LogP contribution in [-0.4, -0.2) is 61.8 Å². The highest BCUT2D eigenvalue weighted by Gasteiger charge is 2.37. The number of carbonyl (C=O) groups excluding carboxylic acids is 1. The van der Waals surface area contributed by atoms with Crippen LogP contribution in [0, 0.1) is 11.7 Å². The van der Waals surface area contributed by atoms with Gasteiger partial charge in [-0.1, -0.05) is 0 Å². The summed E-state index contributed by atoms with van der Waals surface area (Å²) in [5.41, 5.74) is 0. The van der Waals surface area contributed by atoms with Crippen molar-refractivity contribution in [1.82, 2.24) is 14.5 Å². The third-order valence-electron chi connectivity index (χ3n) is 6.02. The molecule has 3 aliphatic rings. The molecule has 3 saturated heterocycles. The van der Waals surface area contributed by atoms with Crippen molar-refractivity contribution >= 4 is 15.9 Å². The fourth-order valence-electron chi connectivity index (χ4n) is 4.52. The second-order valence-corrected chi connectivity index (χ2v) is 9.80. The van der Waals surface area contributed by atoms with Crippen LogP contribution in [0.5, 0.6) is 0 Å². The van der Waals surface area contributed by atoms with Crippen LogP contribution in [0.2, 0.25) is 0 Å². The van der Waals surface area contributed by atoms with E-state index in [2.05, 4.69) is 5.32 Å². The van der Waals surface area contributed by atoms with Crippen LogP contribution < -0.4 is 5.32 Å². The van der Waals surface area contributed by atoms with E-state index in [-0.39, 0.29) is 23.3 Å². The van der Waals surface area contributed by atoms with Crippen molar-refractivity contribution < 1.29 is 17.6 Å². The number of nitrogens with zero attached hydrogens (tertiary/aromatic N) is 2. The standard InChI is InChI=1S/C19H26FN3O3S/c20-15-3-7-18(8-4-15)27(25,26)23-10-1-2-14(12-23)19(24)22-11-9-16-5-6-17(13-22)21-16/h3-4,7-8,14,16-17,21H,1-2,5-6,9-13H2. The van der Waals surface area contributed by atoms with E-state index in [0.29, 0.717) is 31.5 Å². The van der Waals surface area contributed by atoms with Crippen LogP contribution in [0.3, 0.4) is 0 Å². The minimum absolute atomic E-state index is 0.0726. The number of halogens is 1. The fraction of sp³-hybridized carbons (Fsp3) is 0.632. The molecule has 0 aliphatic carbocycles. The van der Waals surface area contributed by atoms with E-state index >= 15 is 0 Å². The number of fused-ring (bicyclic) bond motifs is 2.